The number of aromatic nitrogens is 3. The molecule has 20 heavy (non-hydrogen) atoms. The highest BCUT2D eigenvalue weighted by atomic mass is 32.1. The first-order valence-corrected chi connectivity index (χ1v) is 8.02. The van der Waals surface area contributed by atoms with Gasteiger partial charge in [-0.2, -0.15) is 0 Å². The van der Waals surface area contributed by atoms with Crippen molar-refractivity contribution in [3.8, 4) is 0 Å². The standard InChI is InChI=1S/C15H22N4S/c1-10(15-11(2)20-12(3)17-15)18(4)8-14-7-16-9-19(14)13-5-6-13/h7,9-10,13H,5-6,8H2,1-4H3/t10-/m0/s1. The van der Waals surface area contributed by atoms with Crippen LogP contribution in [0, 0.1) is 13.8 Å². The number of nitrogens with zero attached hydrogens (tertiary/aromatic N) is 4. The Morgan fingerprint density at radius 1 is 1.45 bits per heavy atom. The second kappa shape index (κ2) is 5.30. The van der Waals surface area contributed by atoms with Crippen molar-refractivity contribution in [2.75, 3.05) is 7.05 Å². The van der Waals surface area contributed by atoms with Crippen molar-refractivity contribution >= 4 is 11.3 Å². The molecular formula is C15H22N4S. The highest BCUT2D eigenvalue weighted by Gasteiger charge is 2.26. The molecule has 2 heterocycles. The molecule has 1 aliphatic rings. The highest BCUT2D eigenvalue weighted by Crippen LogP contribution is 2.36. The van der Waals surface area contributed by atoms with Crippen LogP contribution in [-0.4, -0.2) is 26.5 Å². The molecule has 0 amide bonds. The Morgan fingerprint density at radius 2 is 2.20 bits per heavy atom. The van der Waals surface area contributed by atoms with Crippen molar-refractivity contribution in [1.82, 2.24) is 19.4 Å². The molecule has 2 aromatic heterocycles. The highest BCUT2D eigenvalue weighted by molar-refractivity contribution is 7.11. The van der Waals surface area contributed by atoms with Gasteiger partial charge < -0.3 is 4.57 Å². The predicted octanol–water partition coefficient (Wildman–Crippen LogP) is 3.48. The quantitative estimate of drug-likeness (QED) is 0.845. The summed E-state index contributed by atoms with van der Waals surface area (Å²) in [4.78, 5) is 12.7. The van der Waals surface area contributed by atoms with Crippen molar-refractivity contribution in [2.24, 2.45) is 0 Å². The van der Waals surface area contributed by atoms with Gasteiger partial charge in [0.05, 0.1) is 28.8 Å². The fraction of sp³-hybridized carbons (Fsp3) is 0.600. The Morgan fingerprint density at radius 3 is 2.80 bits per heavy atom. The molecule has 0 spiro atoms. The summed E-state index contributed by atoms with van der Waals surface area (Å²) < 4.78 is 2.34. The minimum absolute atomic E-state index is 0.336. The maximum absolute atomic E-state index is 4.68. The first-order valence-electron chi connectivity index (χ1n) is 7.21. The number of thiazole rings is 1. The summed E-state index contributed by atoms with van der Waals surface area (Å²) in [6, 6.07) is 1.03. The zero-order chi connectivity index (χ0) is 14.3. The fourth-order valence-electron chi connectivity index (χ4n) is 2.67. The molecule has 2 aromatic rings. The average molecular weight is 290 g/mol. The van der Waals surface area contributed by atoms with Gasteiger partial charge in [-0.3, -0.25) is 4.90 Å². The predicted molar refractivity (Wildman–Crippen MR) is 82.0 cm³/mol. The molecule has 1 fully saturated rings. The van der Waals surface area contributed by atoms with E-state index < -0.39 is 0 Å². The van der Waals surface area contributed by atoms with Crippen molar-refractivity contribution in [3.05, 3.63) is 33.8 Å². The van der Waals surface area contributed by atoms with E-state index in [0.717, 1.165) is 11.6 Å². The first kappa shape index (κ1) is 13.8. The smallest absolute Gasteiger partial charge is 0.0951 e. The molecular weight excluding hydrogens is 268 g/mol. The van der Waals surface area contributed by atoms with Crippen LogP contribution in [0.3, 0.4) is 0 Å². The second-order valence-electron chi connectivity index (χ2n) is 5.79. The third-order valence-corrected chi connectivity index (χ3v) is 5.00. The summed E-state index contributed by atoms with van der Waals surface area (Å²) in [6.07, 6.45) is 6.57. The van der Waals surface area contributed by atoms with Crippen molar-refractivity contribution < 1.29 is 0 Å². The normalized spacial score (nSPS) is 16.9. The Labute approximate surface area is 124 Å². The topological polar surface area (TPSA) is 34.0 Å². The van der Waals surface area contributed by atoms with Crippen molar-refractivity contribution in [2.45, 2.75) is 52.2 Å². The minimum atomic E-state index is 0.336. The van der Waals surface area contributed by atoms with Crippen LogP contribution in [-0.2, 0) is 6.54 Å². The van der Waals surface area contributed by atoms with Gasteiger partial charge in [0.2, 0.25) is 0 Å². The molecule has 1 atom stereocenters. The summed E-state index contributed by atoms with van der Waals surface area (Å²) in [6.45, 7) is 7.40. The SMILES string of the molecule is Cc1nc([C@H](C)N(C)Cc2cncn2C2CC2)c(C)s1. The van der Waals surface area contributed by atoms with Gasteiger partial charge in [-0.1, -0.05) is 0 Å². The maximum atomic E-state index is 4.68. The molecule has 0 radical (unpaired) electrons. The number of hydrogen-bond acceptors (Lipinski definition) is 4. The fourth-order valence-corrected chi connectivity index (χ4v) is 3.58. The number of aryl methyl sites for hydroxylation is 2. The third kappa shape index (κ3) is 2.65. The van der Waals surface area contributed by atoms with E-state index >= 15 is 0 Å². The van der Waals surface area contributed by atoms with E-state index in [2.05, 4.69) is 47.3 Å². The molecule has 108 valence electrons. The van der Waals surface area contributed by atoms with Crippen LogP contribution in [0.4, 0.5) is 0 Å². The summed E-state index contributed by atoms with van der Waals surface area (Å²) in [7, 11) is 2.17. The summed E-state index contributed by atoms with van der Waals surface area (Å²) in [5.41, 5.74) is 2.53. The van der Waals surface area contributed by atoms with Crippen LogP contribution in [0.1, 0.15) is 53.1 Å². The Bertz CT molecular complexity index is 597. The Kier molecular flexibility index (Phi) is 3.65. The molecule has 1 aliphatic carbocycles. The van der Waals surface area contributed by atoms with E-state index in [-0.39, 0.29) is 0 Å². The van der Waals surface area contributed by atoms with E-state index in [1.165, 1.54) is 29.1 Å². The van der Waals surface area contributed by atoms with Crippen molar-refractivity contribution in [1.29, 1.82) is 0 Å². The number of hydrogen-bond donors (Lipinski definition) is 0. The lowest BCUT2D eigenvalue weighted by Gasteiger charge is -2.24. The van der Waals surface area contributed by atoms with Crippen LogP contribution >= 0.6 is 11.3 Å². The second-order valence-corrected chi connectivity index (χ2v) is 7.20. The van der Waals surface area contributed by atoms with Gasteiger partial charge in [0.1, 0.15) is 0 Å². The van der Waals surface area contributed by atoms with Gasteiger partial charge in [0, 0.05) is 23.7 Å². The van der Waals surface area contributed by atoms with Gasteiger partial charge in [0.25, 0.3) is 0 Å². The molecule has 4 nitrogen and oxygen atoms in total. The van der Waals surface area contributed by atoms with E-state index in [9.17, 15) is 0 Å². The molecule has 0 aliphatic heterocycles. The minimum Gasteiger partial charge on any atom is -0.330 e. The summed E-state index contributed by atoms with van der Waals surface area (Å²) >= 11 is 1.79. The number of imidazole rings is 1. The van der Waals surface area contributed by atoms with Gasteiger partial charge in [-0.25, -0.2) is 9.97 Å². The Hall–Kier alpha value is -1.20. The first-order chi connectivity index (χ1) is 9.56. The summed E-state index contributed by atoms with van der Waals surface area (Å²) in [5, 5.41) is 1.15. The molecule has 0 saturated heterocycles. The Balaban J connectivity index is 1.73. The zero-order valence-corrected chi connectivity index (χ0v) is 13.4. The monoisotopic (exact) mass is 290 g/mol. The lowest BCUT2D eigenvalue weighted by atomic mass is 10.2. The van der Waals surface area contributed by atoms with Crippen LogP contribution in [0.2, 0.25) is 0 Å². The molecule has 0 bridgehead atoms. The molecule has 0 N–H and O–H groups in total. The molecule has 0 unspecified atom stereocenters. The zero-order valence-electron chi connectivity index (χ0n) is 12.6. The van der Waals surface area contributed by atoms with Gasteiger partial charge in [-0.05, 0) is 40.7 Å². The van der Waals surface area contributed by atoms with Gasteiger partial charge in [0.15, 0.2) is 0 Å². The molecule has 5 heteroatoms. The lowest BCUT2D eigenvalue weighted by Crippen LogP contribution is -2.24. The van der Waals surface area contributed by atoms with E-state index in [4.69, 9.17) is 0 Å². The lowest BCUT2D eigenvalue weighted by molar-refractivity contribution is 0.242. The largest absolute Gasteiger partial charge is 0.330 e. The van der Waals surface area contributed by atoms with E-state index in [1.807, 2.05) is 12.5 Å². The average Bonchev–Trinajstić information content (AvgIpc) is 3.06. The van der Waals surface area contributed by atoms with Gasteiger partial charge >= 0.3 is 0 Å². The van der Waals surface area contributed by atoms with Crippen LogP contribution in [0.5, 0.6) is 0 Å². The van der Waals surface area contributed by atoms with Crippen LogP contribution in [0.25, 0.3) is 0 Å². The van der Waals surface area contributed by atoms with E-state index in [0.29, 0.717) is 12.1 Å². The molecule has 1 saturated carbocycles. The van der Waals surface area contributed by atoms with Gasteiger partial charge in [-0.15, -0.1) is 11.3 Å². The van der Waals surface area contributed by atoms with E-state index in [1.54, 1.807) is 11.3 Å². The molecule has 3 rings (SSSR count). The summed E-state index contributed by atoms with van der Waals surface area (Å²) in [5.74, 6) is 0. The number of rotatable bonds is 5. The van der Waals surface area contributed by atoms with Crippen LogP contribution < -0.4 is 0 Å². The third-order valence-electron chi connectivity index (χ3n) is 4.09. The molecule has 0 aromatic carbocycles. The maximum Gasteiger partial charge on any atom is 0.0951 e. The van der Waals surface area contributed by atoms with Crippen molar-refractivity contribution in [3.63, 3.8) is 0 Å². The van der Waals surface area contributed by atoms with Crippen LogP contribution in [0.15, 0.2) is 12.5 Å².